The van der Waals surface area contributed by atoms with Crippen molar-refractivity contribution in [3.05, 3.63) is 48.5 Å². The molecule has 0 amide bonds. The lowest BCUT2D eigenvalue weighted by atomic mass is 10.1. The fourth-order valence-corrected chi connectivity index (χ4v) is 3.17. The Hall–Kier alpha value is -2.26. The van der Waals surface area contributed by atoms with Gasteiger partial charge in [-0.05, 0) is 12.1 Å². The first kappa shape index (κ1) is 17.1. The Kier molecular flexibility index (Phi) is 5.45. The van der Waals surface area contributed by atoms with Crippen molar-refractivity contribution in [3.63, 3.8) is 0 Å². The van der Waals surface area contributed by atoms with Crippen molar-refractivity contribution in [1.29, 1.82) is 0 Å². The number of Topliss-reactive ketones (excluding diaryl/α,β-unsaturated/α-hetero) is 1. The molecule has 120 valence electrons. The van der Waals surface area contributed by atoms with E-state index in [1.165, 1.54) is 49.9 Å². The number of carbonyl (C=O) groups is 2. The van der Waals surface area contributed by atoms with Crippen LogP contribution >= 0.6 is 11.8 Å². The highest BCUT2D eigenvalue weighted by Gasteiger charge is 2.15. The second-order valence-electron chi connectivity index (χ2n) is 4.46. The molecule has 1 aromatic carbocycles. The van der Waals surface area contributed by atoms with Gasteiger partial charge in [0.1, 0.15) is 6.33 Å². The topological polar surface area (TPSA) is 106 Å². The van der Waals surface area contributed by atoms with Crippen LogP contribution in [0.1, 0.15) is 17.3 Å². The Morgan fingerprint density at radius 3 is 2.30 bits per heavy atom. The maximum atomic E-state index is 12.2. The summed E-state index contributed by atoms with van der Waals surface area (Å²) in [6.45, 7) is 1.38. The minimum atomic E-state index is -3.78. The fraction of sp³-hybridized carbons (Fsp3) is 0.143. The van der Waals surface area contributed by atoms with Crippen LogP contribution in [0.3, 0.4) is 0 Å². The van der Waals surface area contributed by atoms with Crippen LogP contribution in [0.25, 0.3) is 0 Å². The highest BCUT2D eigenvalue weighted by Crippen LogP contribution is 2.16. The number of anilines is 1. The van der Waals surface area contributed by atoms with E-state index in [9.17, 15) is 18.0 Å². The normalized spacial score (nSPS) is 11.0. The summed E-state index contributed by atoms with van der Waals surface area (Å²) in [6, 6.07) is 5.49. The molecule has 0 saturated heterocycles. The zero-order valence-electron chi connectivity index (χ0n) is 12.1. The van der Waals surface area contributed by atoms with Gasteiger partial charge in [-0.1, -0.05) is 23.9 Å². The number of nitrogens with zero attached hydrogens (tertiary/aromatic N) is 2. The van der Waals surface area contributed by atoms with Gasteiger partial charge in [0.25, 0.3) is 10.0 Å². The van der Waals surface area contributed by atoms with Crippen LogP contribution in [0.15, 0.2) is 47.9 Å². The summed E-state index contributed by atoms with van der Waals surface area (Å²) in [6.07, 6.45) is 3.96. The average Bonchev–Trinajstić information content (AvgIpc) is 2.53. The molecule has 9 heteroatoms. The highest BCUT2D eigenvalue weighted by molar-refractivity contribution is 8.14. The maximum Gasteiger partial charge on any atom is 0.261 e. The lowest BCUT2D eigenvalue weighted by Crippen LogP contribution is -2.13. The first-order valence-corrected chi connectivity index (χ1v) is 8.90. The Morgan fingerprint density at radius 2 is 1.74 bits per heavy atom. The summed E-state index contributed by atoms with van der Waals surface area (Å²) in [4.78, 5) is 30.2. The lowest BCUT2D eigenvalue weighted by molar-refractivity contribution is -0.109. The summed E-state index contributed by atoms with van der Waals surface area (Å²) >= 11 is 0.913. The predicted molar refractivity (Wildman–Crippen MR) is 86.8 cm³/mol. The van der Waals surface area contributed by atoms with Crippen LogP contribution in [0.2, 0.25) is 0 Å². The van der Waals surface area contributed by atoms with Gasteiger partial charge in [0, 0.05) is 12.5 Å². The molecule has 0 spiro atoms. The Morgan fingerprint density at radius 1 is 1.13 bits per heavy atom. The van der Waals surface area contributed by atoms with Gasteiger partial charge < -0.3 is 0 Å². The maximum absolute atomic E-state index is 12.2. The summed E-state index contributed by atoms with van der Waals surface area (Å²) in [5.41, 5.74) is 0.589. The second-order valence-corrected chi connectivity index (χ2v) is 7.30. The van der Waals surface area contributed by atoms with Gasteiger partial charge in [0.2, 0.25) is 0 Å². The van der Waals surface area contributed by atoms with E-state index in [4.69, 9.17) is 0 Å². The van der Waals surface area contributed by atoms with Crippen molar-refractivity contribution < 1.29 is 18.0 Å². The van der Waals surface area contributed by atoms with E-state index in [0.717, 1.165) is 11.8 Å². The third-order valence-corrected chi connectivity index (χ3v) is 4.92. The molecule has 1 aromatic heterocycles. The van der Waals surface area contributed by atoms with Crippen molar-refractivity contribution in [2.75, 3.05) is 10.5 Å². The number of sulfonamides is 1. The van der Waals surface area contributed by atoms with E-state index in [0.29, 0.717) is 5.56 Å². The van der Waals surface area contributed by atoms with Crippen LogP contribution in [0, 0.1) is 0 Å². The number of nitrogens with one attached hydrogen (secondary N) is 1. The van der Waals surface area contributed by atoms with Crippen LogP contribution in [-0.2, 0) is 14.8 Å². The molecule has 0 aliphatic heterocycles. The van der Waals surface area contributed by atoms with Crippen molar-refractivity contribution in [2.24, 2.45) is 0 Å². The number of aromatic nitrogens is 2. The van der Waals surface area contributed by atoms with Gasteiger partial charge in [0.05, 0.1) is 28.7 Å². The summed E-state index contributed by atoms with van der Waals surface area (Å²) < 4.78 is 26.7. The molecular weight excluding hydrogens is 338 g/mol. The van der Waals surface area contributed by atoms with Crippen LogP contribution in [0.4, 0.5) is 5.69 Å². The number of benzene rings is 1. The largest absolute Gasteiger partial charge is 0.293 e. The average molecular weight is 351 g/mol. The SMILES string of the molecule is CC(=O)SCC(=O)c1ccc(S(=O)(=O)Nc2cncnc2)cc1. The molecule has 0 aliphatic rings. The minimum Gasteiger partial charge on any atom is -0.293 e. The molecule has 2 aromatic rings. The molecule has 1 N–H and O–H groups in total. The van der Waals surface area contributed by atoms with Crippen LogP contribution in [-0.4, -0.2) is 35.0 Å². The first-order valence-electron chi connectivity index (χ1n) is 6.43. The molecular formula is C14H13N3O4S2. The van der Waals surface area contributed by atoms with E-state index in [1.54, 1.807) is 0 Å². The number of carbonyl (C=O) groups excluding carboxylic acids is 2. The molecule has 23 heavy (non-hydrogen) atoms. The van der Waals surface area contributed by atoms with Crippen molar-refractivity contribution in [3.8, 4) is 0 Å². The van der Waals surface area contributed by atoms with E-state index in [-0.39, 0.29) is 27.2 Å². The number of rotatable bonds is 6. The molecule has 1 heterocycles. The lowest BCUT2D eigenvalue weighted by Gasteiger charge is -2.07. The summed E-state index contributed by atoms with van der Waals surface area (Å²) in [5.74, 6) is -0.209. The second kappa shape index (κ2) is 7.34. The van der Waals surface area contributed by atoms with Gasteiger partial charge in [-0.3, -0.25) is 14.3 Å². The molecule has 0 unspecified atom stereocenters. The van der Waals surface area contributed by atoms with E-state index < -0.39 is 10.0 Å². The molecule has 0 fully saturated rings. The van der Waals surface area contributed by atoms with Crippen molar-refractivity contribution >= 4 is 38.4 Å². The minimum absolute atomic E-state index is 0.0112. The van der Waals surface area contributed by atoms with Gasteiger partial charge in [0.15, 0.2) is 10.9 Å². The number of hydrogen-bond donors (Lipinski definition) is 1. The van der Waals surface area contributed by atoms with Crippen molar-refractivity contribution in [1.82, 2.24) is 9.97 Å². The Balaban J connectivity index is 2.12. The quantitative estimate of drug-likeness (QED) is 0.790. The van der Waals surface area contributed by atoms with Gasteiger partial charge in [-0.2, -0.15) is 0 Å². The standard InChI is InChI=1S/C14H13N3O4S2/c1-10(18)22-8-14(19)11-2-4-13(5-3-11)23(20,21)17-12-6-15-9-16-7-12/h2-7,9,17H,8H2,1H3. The van der Waals surface area contributed by atoms with Crippen LogP contribution < -0.4 is 4.72 Å². The van der Waals surface area contributed by atoms with E-state index in [1.807, 2.05) is 0 Å². The number of thioether (sulfide) groups is 1. The van der Waals surface area contributed by atoms with Gasteiger partial charge in [-0.15, -0.1) is 0 Å². The third kappa shape index (κ3) is 4.86. The summed E-state index contributed by atoms with van der Waals surface area (Å²) in [5, 5.41) is -0.146. The fourth-order valence-electron chi connectivity index (χ4n) is 1.64. The predicted octanol–water partition coefficient (Wildman–Crippen LogP) is 1.74. The molecule has 0 bridgehead atoms. The van der Waals surface area contributed by atoms with Gasteiger partial charge >= 0.3 is 0 Å². The highest BCUT2D eigenvalue weighted by atomic mass is 32.2. The van der Waals surface area contributed by atoms with Gasteiger partial charge in [-0.25, -0.2) is 18.4 Å². The smallest absolute Gasteiger partial charge is 0.261 e. The molecule has 0 radical (unpaired) electrons. The zero-order chi connectivity index (χ0) is 16.9. The third-order valence-electron chi connectivity index (χ3n) is 2.71. The van der Waals surface area contributed by atoms with E-state index >= 15 is 0 Å². The zero-order valence-corrected chi connectivity index (χ0v) is 13.7. The monoisotopic (exact) mass is 351 g/mol. The molecule has 0 aliphatic carbocycles. The molecule has 0 atom stereocenters. The van der Waals surface area contributed by atoms with Crippen LogP contribution in [0.5, 0.6) is 0 Å². The molecule has 2 rings (SSSR count). The molecule has 0 saturated carbocycles. The van der Waals surface area contributed by atoms with Crippen molar-refractivity contribution in [2.45, 2.75) is 11.8 Å². The molecule has 7 nitrogen and oxygen atoms in total. The van der Waals surface area contributed by atoms with E-state index in [2.05, 4.69) is 14.7 Å². The summed E-state index contributed by atoms with van der Waals surface area (Å²) in [7, 11) is -3.78. The first-order chi connectivity index (χ1) is 10.9. The Labute approximate surface area is 137 Å². The Bertz CT molecular complexity index is 806. The number of ketones is 1. The number of hydrogen-bond acceptors (Lipinski definition) is 7.